The molecular weight excluding hydrogens is 207 g/mol. The summed E-state index contributed by atoms with van der Waals surface area (Å²) in [6, 6.07) is 3.27. The summed E-state index contributed by atoms with van der Waals surface area (Å²) in [6.07, 6.45) is 0. The quantitative estimate of drug-likeness (QED) is 0.809. The van der Waals surface area contributed by atoms with Crippen molar-refractivity contribution in [3.8, 4) is 0 Å². The Balaban J connectivity index is 2.85. The Morgan fingerprint density at radius 1 is 1.64 bits per heavy atom. The van der Waals surface area contributed by atoms with E-state index < -0.39 is 17.8 Å². The van der Waals surface area contributed by atoms with Crippen LogP contribution in [0.25, 0.3) is 0 Å². The summed E-state index contributed by atoms with van der Waals surface area (Å²) in [5.74, 6) is -0.945. The molecule has 0 spiro atoms. The van der Waals surface area contributed by atoms with Gasteiger partial charge in [-0.25, -0.2) is 4.39 Å². The Morgan fingerprint density at radius 3 is 2.86 bits per heavy atom. The van der Waals surface area contributed by atoms with Gasteiger partial charge < -0.3 is 11.1 Å². The molecule has 0 fully saturated rings. The van der Waals surface area contributed by atoms with Gasteiger partial charge in [0, 0.05) is 0 Å². The first-order chi connectivity index (χ1) is 6.50. The zero-order chi connectivity index (χ0) is 10.7. The number of halogens is 2. The van der Waals surface area contributed by atoms with Crippen LogP contribution < -0.4 is 11.1 Å². The van der Waals surface area contributed by atoms with Gasteiger partial charge in [0.2, 0.25) is 5.91 Å². The molecule has 0 aromatic heterocycles. The normalized spacial score (nSPS) is 12.2. The van der Waals surface area contributed by atoms with Crippen molar-refractivity contribution >= 4 is 23.2 Å². The molecule has 0 saturated carbocycles. The molecule has 3 N–H and O–H groups in total. The highest BCUT2D eigenvalue weighted by molar-refractivity contribution is 6.33. The lowest BCUT2D eigenvalue weighted by atomic mass is 10.2. The van der Waals surface area contributed by atoms with E-state index >= 15 is 0 Å². The summed E-state index contributed by atoms with van der Waals surface area (Å²) in [5.41, 5.74) is 5.39. The van der Waals surface area contributed by atoms with E-state index in [1.54, 1.807) is 6.92 Å². The predicted octanol–water partition coefficient (Wildman–Crippen LogP) is 1.76. The average molecular weight is 217 g/mol. The van der Waals surface area contributed by atoms with Crippen molar-refractivity contribution in [1.29, 1.82) is 0 Å². The molecule has 76 valence electrons. The predicted molar refractivity (Wildman–Crippen MR) is 53.7 cm³/mol. The van der Waals surface area contributed by atoms with Gasteiger partial charge in [-0.1, -0.05) is 11.6 Å². The van der Waals surface area contributed by atoms with Crippen molar-refractivity contribution in [3.05, 3.63) is 29.0 Å². The van der Waals surface area contributed by atoms with E-state index in [2.05, 4.69) is 5.32 Å². The number of benzene rings is 1. The van der Waals surface area contributed by atoms with Crippen molar-refractivity contribution in [2.75, 3.05) is 5.32 Å². The Labute approximate surface area is 86.0 Å². The fraction of sp³-hybridized carbons (Fsp3) is 0.222. The van der Waals surface area contributed by atoms with E-state index in [0.29, 0.717) is 10.7 Å². The molecular formula is C9H10ClFN2O. The van der Waals surface area contributed by atoms with Crippen LogP contribution in [0.15, 0.2) is 18.2 Å². The monoisotopic (exact) mass is 216 g/mol. The Morgan fingerprint density at radius 2 is 2.29 bits per heavy atom. The molecule has 1 aromatic carbocycles. The van der Waals surface area contributed by atoms with Crippen LogP contribution in [0.4, 0.5) is 10.1 Å². The van der Waals surface area contributed by atoms with Gasteiger partial charge in [0.15, 0.2) is 0 Å². The minimum Gasteiger partial charge on any atom is -0.373 e. The molecule has 0 heterocycles. The van der Waals surface area contributed by atoms with Gasteiger partial charge in [0.1, 0.15) is 11.9 Å². The maximum Gasteiger partial charge on any atom is 0.239 e. The van der Waals surface area contributed by atoms with E-state index in [1.165, 1.54) is 18.2 Å². The second-order valence-electron chi connectivity index (χ2n) is 2.89. The molecule has 0 bridgehead atoms. The third-order valence-electron chi connectivity index (χ3n) is 1.73. The fourth-order valence-corrected chi connectivity index (χ4v) is 1.08. The van der Waals surface area contributed by atoms with Crippen molar-refractivity contribution in [2.24, 2.45) is 5.73 Å². The van der Waals surface area contributed by atoms with Crippen LogP contribution in [0.5, 0.6) is 0 Å². The van der Waals surface area contributed by atoms with Gasteiger partial charge in [0.05, 0.1) is 10.7 Å². The van der Waals surface area contributed by atoms with E-state index in [9.17, 15) is 9.18 Å². The van der Waals surface area contributed by atoms with Crippen LogP contribution in [-0.2, 0) is 4.79 Å². The smallest absolute Gasteiger partial charge is 0.239 e. The molecule has 0 aliphatic heterocycles. The molecule has 14 heavy (non-hydrogen) atoms. The first-order valence-electron chi connectivity index (χ1n) is 4.01. The number of rotatable bonds is 3. The van der Waals surface area contributed by atoms with E-state index in [4.69, 9.17) is 17.3 Å². The van der Waals surface area contributed by atoms with Crippen molar-refractivity contribution in [2.45, 2.75) is 13.0 Å². The number of carbonyl (C=O) groups excluding carboxylic acids is 1. The zero-order valence-corrected chi connectivity index (χ0v) is 8.31. The fourth-order valence-electron chi connectivity index (χ4n) is 0.912. The number of anilines is 1. The molecule has 1 rings (SSSR count). The third kappa shape index (κ3) is 2.60. The van der Waals surface area contributed by atoms with Crippen LogP contribution in [0.1, 0.15) is 6.92 Å². The maximum absolute atomic E-state index is 12.8. The largest absolute Gasteiger partial charge is 0.373 e. The molecule has 3 nitrogen and oxygen atoms in total. The van der Waals surface area contributed by atoms with E-state index in [1.807, 2.05) is 0 Å². The molecule has 1 atom stereocenters. The lowest BCUT2D eigenvalue weighted by Crippen LogP contribution is -2.32. The minimum absolute atomic E-state index is 0.347. The number of nitrogens with two attached hydrogens (primary N) is 1. The summed E-state index contributed by atoms with van der Waals surface area (Å²) >= 11 is 5.76. The number of hydrogen-bond donors (Lipinski definition) is 2. The van der Waals surface area contributed by atoms with E-state index in [-0.39, 0.29) is 0 Å². The molecule has 0 saturated heterocycles. The van der Waals surface area contributed by atoms with Crippen LogP contribution in [0.3, 0.4) is 0 Å². The van der Waals surface area contributed by atoms with Crippen LogP contribution in [0.2, 0.25) is 5.02 Å². The maximum atomic E-state index is 12.8. The molecule has 0 aliphatic carbocycles. The second-order valence-corrected chi connectivity index (χ2v) is 3.30. The third-order valence-corrected chi connectivity index (χ3v) is 2.06. The molecule has 1 amide bonds. The summed E-state index contributed by atoms with van der Waals surface area (Å²) in [5, 5.41) is 3.05. The first-order valence-corrected chi connectivity index (χ1v) is 4.39. The Hall–Kier alpha value is -1.29. The first kappa shape index (κ1) is 10.8. The topological polar surface area (TPSA) is 55.1 Å². The summed E-state index contributed by atoms with van der Waals surface area (Å²) in [4.78, 5) is 10.7. The molecule has 0 aliphatic rings. The molecule has 0 radical (unpaired) electrons. The van der Waals surface area contributed by atoms with Gasteiger partial charge in [-0.3, -0.25) is 4.79 Å². The highest BCUT2D eigenvalue weighted by Crippen LogP contribution is 2.22. The van der Waals surface area contributed by atoms with E-state index in [0.717, 1.165) is 0 Å². The minimum atomic E-state index is -0.589. The standard InChI is InChI=1S/C9H10ClFN2O/c1-5(9(12)14)13-8-4-6(11)2-3-7(8)10/h2-5,13H,1H3,(H2,12,14). The van der Waals surface area contributed by atoms with Gasteiger partial charge >= 0.3 is 0 Å². The second kappa shape index (κ2) is 4.28. The highest BCUT2D eigenvalue weighted by atomic mass is 35.5. The number of carbonyl (C=O) groups is 1. The SMILES string of the molecule is CC(Nc1cc(F)ccc1Cl)C(N)=O. The summed E-state index contributed by atoms with van der Waals surface area (Å²) < 4.78 is 12.8. The van der Waals surface area contributed by atoms with Gasteiger partial charge in [0.25, 0.3) is 0 Å². The van der Waals surface area contributed by atoms with Gasteiger partial charge in [-0.2, -0.15) is 0 Å². The lowest BCUT2D eigenvalue weighted by Gasteiger charge is -2.12. The highest BCUT2D eigenvalue weighted by Gasteiger charge is 2.10. The number of primary amides is 1. The van der Waals surface area contributed by atoms with Gasteiger partial charge in [-0.15, -0.1) is 0 Å². The number of hydrogen-bond acceptors (Lipinski definition) is 2. The average Bonchev–Trinajstić information content (AvgIpc) is 2.11. The van der Waals surface area contributed by atoms with Crippen LogP contribution >= 0.6 is 11.6 Å². The summed E-state index contributed by atoms with van der Waals surface area (Å²) in [7, 11) is 0. The van der Waals surface area contributed by atoms with Crippen LogP contribution in [-0.4, -0.2) is 11.9 Å². The van der Waals surface area contributed by atoms with Crippen molar-refractivity contribution in [3.63, 3.8) is 0 Å². The molecule has 1 unspecified atom stereocenters. The molecule has 1 aromatic rings. The van der Waals surface area contributed by atoms with Crippen LogP contribution in [0, 0.1) is 5.82 Å². The Kier molecular flexibility index (Phi) is 3.30. The lowest BCUT2D eigenvalue weighted by molar-refractivity contribution is -0.118. The zero-order valence-electron chi connectivity index (χ0n) is 7.55. The van der Waals surface area contributed by atoms with Gasteiger partial charge in [-0.05, 0) is 25.1 Å². The van der Waals surface area contributed by atoms with Crippen molar-refractivity contribution < 1.29 is 9.18 Å². The Bertz CT molecular complexity index is 357. The van der Waals surface area contributed by atoms with Crippen molar-refractivity contribution in [1.82, 2.24) is 0 Å². The number of nitrogens with one attached hydrogen (secondary N) is 1. The molecule has 5 heteroatoms. The number of amides is 1. The summed E-state index contributed by atoms with van der Waals surface area (Å²) in [6.45, 7) is 1.57.